The third-order valence-corrected chi connectivity index (χ3v) is 5.67. The van der Waals surface area contributed by atoms with Crippen LogP contribution in [0.2, 0.25) is 0 Å². The van der Waals surface area contributed by atoms with Gasteiger partial charge in [0.15, 0.2) is 0 Å². The molecule has 0 aliphatic carbocycles. The van der Waals surface area contributed by atoms with Crippen LogP contribution in [0.4, 0.5) is 11.4 Å². The molecule has 0 radical (unpaired) electrons. The van der Waals surface area contributed by atoms with E-state index in [1.54, 1.807) is 0 Å². The predicted molar refractivity (Wildman–Crippen MR) is 141 cm³/mol. The second kappa shape index (κ2) is 9.84. The highest BCUT2D eigenvalue weighted by molar-refractivity contribution is 6.04. The third kappa shape index (κ3) is 4.78. The molecule has 0 aliphatic heterocycles. The molecule has 0 saturated carbocycles. The SMILES string of the molecule is c1ccc(Nc2ccc(C(=C(c3ccccc3)c3ccccc3)c3ccccc3)cc2)cc1. The fourth-order valence-electron chi connectivity index (χ4n) is 4.13. The van der Waals surface area contributed by atoms with Gasteiger partial charge in [0, 0.05) is 11.4 Å². The number of nitrogens with one attached hydrogen (secondary N) is 1. The minimum Gasteiger partial charge on any atom is -0.356 e. The number of benzene rings is 5. The van der Waals surface area contributed by atoms with Crippen LogP contribution in [0.3, 0.4) is 0 Å². The lowest BCUT2D eigenvalue weighted by Crippen LogP contribution is -1.98. The Bertz CT molecular complexity index is 1280. The van der Waals surface area contributed by atoms with Gasteiger partial charge in [-0.1, -0.05) is 121 Å². The Morgan fingerprint density at radius 2 is 0.606 bits per heavy atom. The van der Waals surface area contributed by atoms with Gasteiger partial charge in [-0.3, -0.25) is 0 Å². The Morgan fingerprint density at radius 3 is 1.00 bits per heavy atom. The molecule has 0 amide bonds. The lowest BCUT2D eigenvalue weighted by molar-refractivity contribution is 1.49. The number of para-hydroxylation sites is 1. The quantitative estimate of drug-likeness (QED) is 0.270. The first-order valence-corrected chi connectivity index (χ1v) is 11.2. The Kier molecular flexibility index (Phi) is 6.13. The molecule has 0 unspecified atom stereocenters. The Morgan fingerprint density at radius 1 is 0.303 bits per heavy atom. The molecule has 1 heteroatoms. The van der Waals surface area contributed by atoms with E-state index in [1.807, 2.05) is 18.2 Å². The summed E-state index contributed by atoms with van der Waals surface area (Å²) in [6.45, 7) is 0. The van der Waals surface area contributed by atoms with Crippen molar-refractivity contribution in [1.82, 2.24) is 0 Å². The van der Waals surface area contributed by atoms with E-state index in [4.69, 9.17) is 0 Å². The topological polar surface area (TPSA) is 12.0 Å². The zero-order valence-corrected chi connectivity index (χ0v) is 18.4. The molecule has 0 heterocycles. The summed E-state index contributed by atoms with van der Waals surface area (Å²) in [4.78, 5) is 0. The fourth-order valence-corrected chi connectivity index (χ4v) is 4.13. The summed E-state index contributed by atoms with van der Waals surface area (Å²) in [6, 6.07) is 51.0. The molecule has 1 N–H and O–H groups in total. The molecule has 1 nitrogen and oxygen atoms in total. The molecule has 5 rings (SSSR count). The summed E-state index contributed by atoms with van der Waals surface area (Å²) in [5.74, 6) is 0. The first-order valence-electron chi connectivity index (χ1n) is 11.2. The molecular weight excluding hydrogens is 398 g/mol. The van der Waals surface area contributed by atoms with E-state index in [1.165, 1.54) is 33.4 Å². The summed E-state index contributed by atoms with van der Waals surface area (Å²) in [7, 11) is 0. The van der Waals surface area contributed by atoms with Gasteiger partial charge in [0.1, 0.15) is 0 Å². The second-order valence-corrected chi connectivity index (χ2v) is 7.92. The van der Waals surface area contributed by atoms with Crippen LogP contribution in [-0.4, -0.2) is 0 Å². The number of hydrogen-bond acceptors (Lipinski definition) is 1. The van der Waals surface area contributed by atoms with Gasteiger partial charge in [-0.25, -0.2) is 0 Å². The zero-order valence-electron chi connectivity index (χ0n) is 18.4. The van der Waals surface area contributed by atoms with Crippen molar-refractivity contribution < 1.29 is 0 Å². The Labute approximate surface area is 195 Å². The lowest BCUT2D eigenvalue weighted by atomic mass is 9.86. The van der Waals surface area contributed by atoms with E-state index < -0.39 is 0 Å². The maximum Gasteiger partial charge on any atom is 0.0384 e. The molecule has 5 aromatic carbocycles. The first-order chi connectivity index (χ1) is 16.4. The van der Waals surface area contributed by atoms with Gasteiger partial charge < -0.3 is 5.32 Å². The van der Waals surface area contributed by atoms with Crippen molar-refractivity contribution in [2.24, 2.45) is 0 Å². The summed E-state index contributed by atoms with van der Waals surface area (Å²) >= 11 is 0. The van der Waals surface area contributed by atoms with Crippen LogP contribution >= 0.6 is 0 Å². The molecule has 5 aromatic rings. The lowest BCUT2D eigenvalue weighted by Gasteiger charge is -2.18. The highest BCUT2D eigenvalue weighted by atomic mass is 14.9. The molecule has 33 heavy (non-hydrogen) atoms. The summed E-state index contributed by atoms with van der Waals surface area (Å²) in [5, 5.41) is 3.49. The van der Waals surface area contributed by atoms with Crippen molar-refractivity contribution in [2.45, 2.75) is 0 Å². The Balaban J connectivity index is 1.68. The Hall–Kier alpha value is -4.36. The van der Waals surface area contributed by atoms with Crippen LogP contribution in [0.1, 0.15) is 22.3 Å². The van der Waals surface area contributed by atoms with Gasteiger partial charge in [0.05, 0.1) is 0 Å². The molecule has 0 fully saturated rings. The normalized spacial score (nSPS) is 10.4. The van der Waals surface area contributed by atoms with Crippen LogP contribution in [0.5, 0.6) is 0 Å². The van der Waals surface area contributed by atoms with Crippen LogP contribution in [-0.2, 0) is 0 Å². The highest BCUT2D eigenvalue weighted by Crippen LogP contribution is 2.37. The van der Waals surface area contributed by atoms with Crippen molar-refractivity contribution in [1.29, 1.82) is 0 Å². The molecule has 158 valence electrons. The van der Waals surface area contributed by atoms with Gasteiger partial charge in [0.2, 0.25) is 0 Å². The van der Waals surface area contributed by atoms with Crippen LogP contribution in [0.15, 0.2) is 146 Å². The third-order valence-electron chi connectivity index (χ3n) is 5.67. The maximum absolute atomic E-state index is 3.49. The van der Waals surface area contributed by atoms with E-state index in [-0.39, 0.29) is 0 Å². The fraction of sp³-hybridized carbons (Fsp3) is 0. The van der Waals surface area contributed by atoms with E-state index in [9.17, 15) is 0 Å². The van der Waals surface area contributed by atoms with E-state index in [0.717, 1.165) is 11.4 Å². The van der Waals surface area contributed by atoms with Gasteiger partial charge in [-0.2, -0.15) is 0 Å². The average Bonchev–Trinajstić information content (AvgIpc) is 2.90. The monoisotopic (exact) mass is 423 g/mol. The average molecular weight is 424 g/mol. The molecule has 0 saturated heterocycles. The predicted octanol–water partition coefficient (Wildman–Crippen LogP) is 8.44. The number of rotatable bonds is 6. The summed E-state index contributed by atoms with van der Waals surface area (Å²) in [6.07, 6.45) is 0. The maximum atomic E-state index is 3.49. The van der Waals surface area contributed by atoms with Crippen LogP contribution in [0.25, 0.3) is 11.1 Å². The smallest absolute Gasteiger partial charge is 0.0384 e. The van der Waals surface area contributed by atoms with Crippen molar-refractivity contribution >= 4 is 22.5 Å². The van der Waals surface area contributed by atoms with E-state index in [2.05, 4.69) is 133 Å². The number of anilines is 2. The molecule has 0 spiro atoms. The first kappa shape index (κ1) is 20.5. The second-order valence-electron chi connectivity index (χ2n) is 7.92. The van der Waals surface area contributed by atoms with Crippen molar-refractivity contribution in [2.75, 3.05) is 5.32 Å². The van der Waals surface area contributed by atoms with Crippen LogP contribution in [0, 0.1) is 0 Å². The highest BCUT2D eigenvalue weighted by Gasteiger charge is 2.15. The van der Waals surface area contributed by atoms with Gasteiger partial charge in [0.25, 0.3) is 0 Å². The molecule has 0 aromatic heterocycles. The van der Waals surface area contributed by atoms with Crippen molar-refractivity contribution in [3.05, 3.63) is 168 Å². The molecule has 0 bridgehead atoms. The van der Waals surface area contributed by atoms with Gasteiger partial charge in [-0.15, -0.1) is 0 Å². The standard InChI is InChI=1S/C32H25N/c1-5-13-25(14-6-1)31(26-15-7-2-8-16-26)32(27-17-9-3-10-18-27)28-21-23-30(24-22-28)33-29-19-11-4-12-20-29/h1-24,33H. The molecular formula is C32H25N. The van der Waals surface area contributed by atoms with Gasteiger partial charge in [-0.05, 0) is 57.7 Å². The largest absolute Gasteiger partial charge is 0.356 e. The van der Waals surface area contributed by atoms with Gasteiger partial charge >= 0.3 is 0 Å². The van der Waals surface area contributed by atoms with Crippen molar-refractivity contribution in [3.8, 4) is 0 Å². The van der Waals surface area contributed by atoms with Crippen LogP contribution < -0.4 is 5.32 Å². The molecule has 0 aliphatic rings. The minimum absolute atomic E-state index is 1.07. The zero-order chi connectivity index (χ0) is 22.3. The minimum atomic E-state index is 1.07. The van der Waals surface area contributed by atoms with Crippen molar-refractivity contribution in [3.63, 3.8) is 0 Å². The van der Waals surface area contributed by atoms with E-state index >= 15 is 0 Å². The van der Waals surface area contributed by atoms with E-state index in [0.29, 0.717) is 0 Å². The number of hydrogen-bond donors (Lipinski definition) is 1. The summed E-state index contributed by atoms with van der Waals surface area (Å²) in [5.41, 5.74) is 9.39. The molecule has 0 atom stereocenters. The summed E-state index contributed by atoms with van der Waals surface area (Å²) < 4.78 is 0.